The van der Waals surface area contributed by atoms with Gasteiger partial charge in [-0.25, -0.2) is 4.79 Å². The lowest BCUT2D eigenvalue weighted by Gasteiger charge is -2.37. The van der Waals surface area contributed by atoms with Gasteiger partial charge >= 0.3 is 6.03 Å². The van der Waals surface area contributed by atoms with Crippen molar-refractivity contribution in [2.45, 2.75) is 61.1 Å². The van der Waals surface area contributed by atoms with Gasteiger partial charge in [-0.3, -0.25) is 4.79 Å². The minimum Gasteiger partial charge on any atom is -0.377 e. The Morgan fingerprint density at radius 3 is 2.18 bits per heavy atom. The maximum atomic E-state index is 13.2. The number of carbonyl (C=O) groups excluding carboxylic acids is 2. The molecular formula is C22H38N4O2. The number of hydrogen-bond donors (Lipinski definition) is 2. The maximum Gasteiger partial charge on any atom is 0.319 e. The summed E-state index contributed by atoms with van der Waals surface area (Å²) in [7, 11) is 3.97. The molecule has 1 atom stereocenters. The number of carbonyl (C=O) groups is 2. The molecule has 0 aliphatic carbocycles. The molecule has 6 heteroatoms. The average Bonchev–Trinajstić information content (AvgIpc) is 2.57. The van der Waals surface area contributed by atoms with E-state index in [4.69, 9.17) is 0 Å². The Hall–Kier alpha value is -2.24. The topological polar surface area (TPSA) is 64.7 Å². The summed E-state index contributed by atoms with van der Waals surface area (Å²) in [5.74, 6) is 0.464. The van der Waals surface area contributed by atoms with Gasteiger partial charge in [0.05, 0.1) is 0 Å². The van der Waals surface area contributed by atoms with Gasteiger partial charge in [-0.2, -0.15) is 0 Å². The van der Waals surface area contributed by atoms with Crippen LogP contribution in [0.1, 0.15) is 54.0 Å². The Kier molecular flexibility index (Phi) is 8.33. The van der Waals surface area contributed by atoms with Crippen LogP contribution in [0.3, 0.4) is 0 Å². The Morgan fingerprint density at radius 2 is 1.71 bits per heavy atom. The first-order valence-electron chi connectivity index (χ1n) is 10.0. The molecule has 6 nitrogen and oxygen atoms in total. The van der Waals surface area contributed by atoms with Gasteiger partial charge in [-0.1, -0.05) is 34.6 Å². The maximum absolute atomic E-state index is 13.2. The normalized spacial score (nSPS) is 12.5. The molecule has 0 aliphatic heterocycles. The number of rotatable bonds is 7. The van der Waals surface area contributed by atoms with Gasteiger partial charge in [0.2, 0.25) is 5.91 Å². The molecule has 0 radical (unpaired) electrons. The molecule has 0 bridgehead atoms. The van der Waals surface area contributed by atoms with E-state index in [-0.39, 0.29) is 18.0 Å². The van der Waals surface area contributed by atoms with E-state index in [1.807, 2.05) is 69.8 Å². The molecule has 0 aliphatic rings. The molecule has 0 aromatic heterocycles. The highest BCUT2D eigenvalue weighted by Gasteiger charge is 2.32. The Morgan fingerprint density at radius 1 is 1.11 bits per heavy atom. The van der Waals surface area contributed by atoms with E-state index >= 15 is 0 Å². The Labute approximate surface area is 170 Å². The van der Waals surface area contributed by atoms with Gasteiger partial charge in [-0.15, -0.1) is 0 Å². The fraction of sp³-hybridized carbons (Fsp3) is 0.636. The molecule has 0 spiro atoms. The molecule has 0 fully saturated rings. The first-order valence-corrected chi connectivity index (χ1v) is 10.0. The van der Waals surface area contributed by atoms with Crippen molar-refractivity contribution in [3.63, 3.8) is 0 Å². The van der Waals surface area contributed by atoms with Crippen LogP contribution in [0.25, 0.3) is 0 Å². The standard InChI is InChI=1S/C22H38N4O2/c1-10-23-21(28)24-18-11-12-19(25(8)9)17(13-18)14-26(16(4)15(2)3)20(27)22(5,6)7/h11-13,15-16H,10,14H2,1-9H3,(H2,23,24,28)/t16-/m0/s1. The minimum atomic E-state index is -0.460. The van der Waals surface area contributed by atoms with Gasteiger partial charge in [0.1, 0.15) is 0 Å². The highest BCUT2D eigenvalue weighted by molar-refractivity contribution is 5.89. The van der Waals surface area contributed by atoms with Crippen molar-refractivity contribution in [3.8, 4) is 0 Å². The molecule has 2 N–H and O–H groups in total. The minimum absolute atomic E-state index is 0.0988. The first kappa shape index (κ1) is 23.8. The van der Waals surface area contributed by atoms with Gasteiger partial charge in [-0.05, 0) is 43.5 Å². The van der Waals surface area contributed by atoms with Crippen LogP contribution in [0.4, 0.5) is 16.2 Å². The molecule has 0 saturated carbocycles. The van der Waals surface area contributed by atoms with E-state index in [1.165, 1.54) is 0 Å². The first-order chi connectivity index (χ1) is 12.9. The number of nitrogens with zero attached hydrogens (tertiary/aromatic N) is 2. The van der Waals surface area contributed by atoms with Crippen molar-refractivity contribution in [3.05, 3.63) is 23.8 Å². The third-order valence-electron chi connectivity index (χ3n) is 4.86. The fourth-order valence-corrected chi connectivity index (χ4v) is 2.94. The van der Waals surface area contributed by atoms with E-state index in [0.29, 0.717) is 24.7 Å². The van der Waals surface area contributed by atoms with E-state index in [9.17, 15) is 9.59 Å². The number of amides is 3. The quantitative estimate of drug-likeness (QED) is 0.729. The van der Waals surface area contributed by atoms with Gasteiger partial charge in [0.25, 0.3) is 0 Å². The molecule has 0 heterocycles. The monoisotopic (exact) mass is 390 g/mol. The zero-order valence-corrected chi connectivity index (χ0v) is 19.0. The zero-order chi connectivity index (χ0) is 21.6. The third-order valence-corrected chi connectivity index (χ3v) is 4.86. The molecule has 1 aromatic carbocycles. The van der Waals surface area contributed by atoms with E-state index in [1.54, 1.807) is 0 Å². The highest BCUT2D eigenvalue weighted by Crippen LogP contribution is 2.29. The summed E-state index contributed by atoms with van der Waals surface area (Å²) in [6.07, 6.45) is 0. The van der Waals surface area contributed by atoms with Crippen LogP contribution in [-0.4, -0.2) is 43.5 Å². The smallest absolute Gasteiger partial charge is 0.319 e. The highest BCUT2D eigenvalue weighted by atomic mass is 16.2. The Balaban J connectivity index is 3.31. The predicted octanol–water partition coefficient (Wildman–Crippen LogP) is 4.31. The fourth-order valence-electron chi connectivity index (χ4n) is 2.94. The van der Waals surface area contributed by atoms with Crippen LogP contribution in [0.15, 0.2) is 18.2 Å². The second-order valence-electron chi connectivity index (χ2n) is 8.89. The van der Waals surface area contributed by atoms with Crippen molar-refractivity contribution in [2.24, 2.45) is 11.3 Å². The zero-order valence-electron chi connectivity index (χ0n) is 19.0. The Bertz CT molecular complexity index is 678. The summed E-state index contributed by atoms with van der Waals surface area (Å²) in [5.41, 5.74) is 2.29. The van der Waals surface area contributed by atoms with Crippen molar-refractivity contribution in [1.29, 1.82) is 0 Å². The van der Waals surface area contributed by atoms with E-state index < -0.39 is 5.41 Å². The molecule has 28 heavy (non-hydrogen) atoms. The second-order valence-corrected chi connectivity index (χ2v) is 8.89. The SMILES string of the molecule is CCNC(=O)Nc1ccc(N(C)C)c(CN(C(=O)C(C)(C)C)[C@@H](C)C(C)C)c1. The van der Waals surface area contributed by atoms with Gasteiger partial charge < -0.3 is 20.4 Å². The molecular weight excluding hydrogens is 352 g/mol. The average molecular weight is 391 g/mol. The molecule has 1 rings (SSSR count). The lowest BCUT2D eigenvalue weighted by Crippen LogP contribution is -2.46. The lowest BCUT2D eigenvalue weighted by molar-refractivity contribution is -0.143. The van der Waals surface area contributed by atoms with E-state index in [0.717, 1.165) is 11.3 Å². The van der Waals surface area contributed by atoms with Crippen LogP contribution in [-0.2, 0) is 11.3 Å². The summed E-state index contributed by atoms with van der Waals surface area (Å²) >= 11 is 0. The molecule has 0 unspecified atom stereocenters. The van der Waals surface area contributed by atoms with Crippen LogP contribution in [0.2, 0.25) is 0 Å². The van der Waals surface area contributed by atoms with Crippen LogP contribution in [0.5, 0.6) is 0 Å². The van der Waals surface area contributed by atoms with Crippen LogP contribution < -0.4 is 15.5 Å². The van der Waals surface area contributed by atoms with Crippen molar-refractivity contribution in [2.75, 3.05) is 30.9 Å². The summed E-state index contributed by atoms with van der Waals surface area (Å²) in [6.45, 7) is 15.2. The number of hydrogen-bond acceptors (Lipinski definition) is 3. The molecule has 3 amide bonds. The van der Waals surface area contributed by atoms with E-state index in [2.05, 4.69) is 31.4 Å². The van der Waals surface area contributed by atoms with Crippen LogP contribution >= 0.6 is 0 Å². The number of nitrogens with one attached hydrogen (secondary N) is 2. The van der Waals surface area contributed by atoms with Crippen molar-refractivity contribution >= 4 is 23.3 Å². The predicted molar refractivity (Wildman–Crippen MR) is 118 cm³/mol. The largest absolute Gasteiger partial charge is 0.377 e. The second kappa shape index (κ2) is 9.80. The van der Waals surface area contributed by atoms with Gasteiger partial charge in [0.15, 0.2) is 0 Å². The summed E-state index contributed by atoms with van der Waals surface area (Å²) < 4.78 is 0. The van der Waals surface area contributed by atoms with Crippen LogP contribution in [0, 0.1) is 11.3 Å². The third kappa shape index (κ3) is 6.43. The molecule has 1 aromatic rings. The van der Waals surface area contributed by atoms with Crippen molar-refractivity contribution < 1.29 is 9.59 Å². The molecule has 158 valence electrons. The lowest BCUT2D eigenvalue weighted by atomic mass is 9.92. The van der Waals surface area contributed by atoms with Gasteiger partial charge in [0, 0.05) is 50.0 Å². The summed E-state index contributed by atoms with van der Waals surface area (Å²) in [6, 6.07) is 5.69. The molecule has 0 saturated heterocycles. The summed E-state index contributed by atoms with van der Waals surface area (Å²) in [5, 5.41) is 5.60. The number of anilines is 2. The summed E-state index contributed by atoms with van der Waals surface area (Å²) in [4.78, 5) is 29.1. The number of benzene rings is 1. The number of urea groups is 1. The van der Waals surface area contributed by atoms with Crippen molar-refractivity contribution in [1.82, 2.24) is 10.2 Å².